The first-order valence-corrected chi connectivity index (χ1v) is 10.1. The highest BCUT2D eigenvalue weighted by Gasteiger charge is 2.11. The molecule has 0 aliphatic rings. The number of aromatic nitrogens is 5. The second kappa shape index (κ2) is 6.98. The fourth-order valence-electron chi connectivity index (χ4n) is 2.85. The van der Waals surface area contributed by atoms with E-state index in [0.29, 0.717) is 22.7 Å². The third kappa shape index (κ3) is 3.82. The van der Waals surface area contributed by atoms with Gasteiger partial charge in [0.25, 0.3) is 0 Å². The van der Waals surface area contributed by atoms with Crippen LogP contribution in [0.4, 0.5) is 11.5 Å². The molecule has 3 aromatic heterocycles. The molecule has 0 aliphatic carbocycles. The molecule has 0 saturated carbocycles. The molecule has 4 aromatic rings. The molecule has 4 rings (SSSR count). The maximum Gasteiger partial charge on any atom is 0.213 e. The second-order valence-electron chi connectivity index (χ2n) is 6.34. The third-order valence-electron chi connectivity index (χ3n) is 4.22. The highest BCUT2D eigenvalue weighted by Crippen LogP contribution is 2.24. The molecule has 142 valence electrons. The molecule has 28 heavy (non-hydrogen) atoms. The van der Waals surface area contributed by atoms with Crippen LogP contribution in [0.1, 0.15) is 11.1 Å². The van der Waals surface area contributed by atoms with Crippen LogP contribution in [0.5, 0.6) is 0 Å². The standard InChI is InChI=1S/C18H17N7O2S/c1-12-2-3-15(6-13(12)10-28(19,26)27)23-17-4-5-25-18(24-17)16(9-22-25)14-7-20-11-21-8-14/h2-9,11H,10H2,1H3,(H,23,24)(H2,19,26,27). The number of benzene rings is 1. The molecule has 0 saturated heterocycles. The fraction of sp³-hybridized carbons (Fsp3) is 0.111. The zero-order valence-electron chi connectivity index (χ0n) is 14.9. The van der Waals surface area contributed by atoms with E-state index in [1.807, 2.05) is 19.1 Å². The lowest BCUT2D eigenvalue weighted by Gasteiger charge is -2.10. The van der Waals surface area contributed by atoms with Gasteiger partial charge in [-0.15, -0.1) is 0 Å². The summed E-state index contributed by atoms with van der Waals surface area (Å²) < 4.78 is 24.5. The van der Waals surface area contributed by atoms with E-state index >= 15 is 0 Å². The Bertz CT molecular complexity index is 1250. The Kier molecular flexibility index (Phi) is 4.49. The minimum Gasteiger partial charge on any atom is -0.340 e. The number of nitrogens with two attached hydrogens (primary N) is 1. The van der Waals surface area contributed by atoms with Crippen LogP contribution in [0.15, 0.2) is 55.4 Å². The zero-order valence-corrected chi connectivity index (χ0v) is 15.8. The Balaban J connectivity index is 1.68. The summed E-state index contributed by atoms with van der Waals surface area (Å²) in [5.41, 5.74) is 4.48. The molecule has 0 atom stereocenters. The Labute approximate surface area is 161 Å². The number of primary sulfonamides is 1. The van der Waals surface area contributed by atoms with Gasteiger partial charge in [0.05, 0.1) is 11.9 Å². The summed E-state index contributed by atoms with van der Waals surface area (Å²) in [6, 6.07) is 7.24. The first kappa shape index (κ1) is 18.0. The summed E-state index contributed by atoms with van der Waals surface area (Å²) in [5.74, 6) is 0.373. The van der Waals surface area contributed by atoms with Gasteiger partial charge >= 0.3 is 0 Å². The van der Waals surface area contributed by atoms with Gasteiger partial charge in [0.15, 0.2) is 5.65 Å². The number of fused-ring (bicyclic) bond motifs is 1. The number of nitrogens with one attached hydrogen (secondary N) is 1. The van der Waals surface area contributed by atoms with Gasteiger partial charge in [-0.2, -0.15) is 5.10 Å². The lowest BCUT2D eigenvalue weighted by atomic mass is 10.1. The van der Waals surface area contributed by atoms with Crippen LogP contribution in [0.3, 0.4) is 0 Å². The van der Waals surface area contributed by atoms with E-state index in [1.54, 1.807) is 41.4 Å². The van der Waals surface area contributed by atoms with Crippen molar-refractivity contribution in [3.63, 3.8) is 0 Å². The van der Waals surface area contributed by atoms with Crippen LogP contribution in [-0.4, -0.2) is 33.0 Å². The number of aryl methyl sites for hydroxylation is 1. The summed E-state index contributed by atoms with van der Waals surface area (Å²) in [4.78, 5) is 12.7. The number of anilines is 2. The molecule has 9 nitrogen and oxygen atoms in total. The van der Waals surface area contributed by atoms with Crippen molar-refractivity contribution in [2.45, 2.75) is 12.7 Å². The van der Waals surface area contributed by atoms with E-state index in [0.717, 1.165) is 16.7 Å². The van der Waals surface area contributed by atoms with Gasteiger partial charge in [-0.1, -0.05) is 6.07 Å². The summed E-state index contributed by atoms with van der Waals surface area (Å²) in [6.07, 6.45) is 8.36. The zero-order chi connectivity index (χ0) is 19.7. The molecule has 0 aliphatic heterocycles. The van der Waals surface area contributed by atoms with Crippen LogP contribution in [0.25, 0.3) is 16.8 Å². The third-order valence-corrected chi connectivity index (χ3v) is 4.93. The van der Waals surface area contributed by atoms with Crippen molar-refractivity contribution in [1.29, 1.82) is 0 Å². The lowest BCUT2D eigenvalue weighted by molar-refractivity contribution is 0.597. The van der Waals surface area contributed by atoms with Crippen LogP contribution in [0, 0.1) is 6.92 Å². The van der Waals surface area contributed by atoms with Gasteiger partial charge in [-0.25, -0.2) is 33.0 Å². The molecule has 3 heterocycles. The Morgan fingerprint density at radius 1 is 1.14 bits per heavy atom. The number of nitrogens with zero attached hydrogens (tertiary/aromatic N) is 5. The van der Waals surface area contributed by atoms with E-state index in [2.05, 4.69) is 25.4 Å². The van der Waals surface area contributed by atoms with Crippen LogP contribution in [-0.2, 0) is 15.8 Å². The molecule has 0 radical (unpaired) electrons. The maximum atomic E-state index is 11.4. The molecule has 10 heteroatoms. The van der Waals surface area contributed by atoms with Crippen LogP contribution >= 0.6 is 0 Å². The van der Waals surface area contributed by atoms with Crippen molar-refractivity contribution in [3.05, 3.63) is 66.5 Å². The molecule has 0 amide bonds. The van der Waals surface area contributed by atoms with Crippen LogP contribution in [0.2, 0.25) is 0 Å². The van der Waals surface area contributed by atoms with Crippen LogP contribution < -0.4 is 10.5 Å². The molecule has 0 spiro atoms. The number of rotatable bonds is 5. The quantitative estimate of drug-likeness (QED) is 0.529. The van der Waals surface area contributed by atoms with E-state index < -0.39 is 10.0 Å². The predicted octanol–water partition coefficient (Wildman–Crippen LogP) is 2.03. The monoisotopic (exact) mass is 395 g/mol. The minimum atomic E-state index is -3.61. The van der Waals surface area contributed by atoms with Gasteiger partial charge < -0.3 is 5.32 Å². The largest absolute Gasteiger partial charge is 0.340 e. The van der Waals surface area contributed by atoms with E-state index in [4.69, 9.17) is 5.14 Å². The molecule has 0 unspecified atom stereocenters. The molecule has 0 bridgehead atoms. The smallest absolute Gasteiger partial charge is 0.213 e. The Hall–Kier alpha value is -3.37. The van der Waals surface area contributed by atoms with E-state index in [1.165, 1.54) is 6.33 Å². The minimum absolute atomic E-state index is 0.221. The summed E-state index contributed by atoms with van der Waals surface area (Å²) in [5, 5.41) is 12.7. The van der Waals surface area contributed by atoms with Crippen molar-refractivity contribution in [2.24, 2.45) is 5.14 Å². The fourth-order valence-corrected chi connectivity index (χ4v) is 3.59. The topological polar surface area (TPSA) is 128 Å². The summed E-state index contributed by atoms with van der Waals surface area (Å²) in [6.45, 7) is 1.84. The van der Waals surface area contributed by atoms with Crippen molar-refractivity contribution in [3.8, 4) is 11.1 Å². The normalized spacial score (nSPS) is 11.6. The van der Waals surface area contributed by atoms with Crippen molar-refractivity contribution in [1.82, 2.24) is 24.6 Å². The lowest BCUT2D eigenvalue weighted by Crippen LogP contribution is -2.15. The number of hydrogen-bond donors (Lipinski definition) is 2. The molecule has 3 N–H and O–H groups in total. The number of sulfonamides is 1. The predicted molar refractivity (Wildman–Crippen MR) is 105 cm³/mol. The van der Waals surface area contributed by atoms with Gasteiger partial charge in [-0.05, 0) is 36.2 Å². The van der Waals surface area contributed by atoms with E-state index in [9.17, 15) is 8.42 Å². The van der Waals surface area contributed by atoms with Crippen molar-refractivity contribution in [2.75, 3.05) is 5.32 Å². The van der Waals surface area contributed by atoms with E-state index in [-0.39, 0.29) is 5.75 Å². The second-order valence-corrected chi connectivity index (χ2v) is 7.95. The van der Waals surface area contributed by atoms with Gasteiger partial charge in [0.1, 0.15) is 12.1 Å². The molecular weight excluding hydrogens is 378 g/mol. The average Bonchev–Trinajstić information content (AvgIpc) is 3.07. The average molecular weight is 395 g/mol. The maximum absolute atomic E-state index is 11.4. The molecule has 0 fully saturated rings. The first-order valence-electron chi connectivity index (χ1n) is 8.36. The highest BCUT2D eigenvalue weighted by molar-refractivity contribution is 7.88. The number of hydrogen-bond acceptors (Lipinski definition) is 7. The van der Waals surface area contributed by atoms with Crippen molar-refractivity contribution < 1.29 is 8.42 Å². The first-order chi connectivity index (χ1) is 13.4. The van der Waals surface area contributed by atoms with Crippen molar-refractivity contribution >= 4 is 27.2 Å². The summed E-state index contributed by atoms with van der Waals surface area (Å²) >= 11 is 0. The Morgan fingerprint density at radius 3 is 2.68 bits per heavy atom. The Morgan fingerprint density at radius 2 is 1.93 bits per heavy atom. The van der Waals surface area contributed by atoms with Gasteiger partial charge in [0.2, 0.25) is 10.0 Å². The molecular formula is C18H17N7O2S. The van der Waals surface area contributed by atoms with Gasteiger partial charge in [0, 0.05) is 35.4 Å². The SMILES string of the molecule is Cc1ccc(Nc2ccn3ncc(-c4cncnc4)c3n2)cc1CS(N)(=O)=O. The highest BCUT2D eigenvalue weighted by atomic mass is 32.2. The van der Waals surface area contributed by atoms with Gasteiger partial charge in [-0.3, -0.25) is 0 Å². The summed E-state index contributed by atoms with van der Waals surface area (Å²) in [7, 11) is -3.61. The molecule has 1 aromatic carbocycles.